The van der Waals surface area contributed by atoms with E-state index >= 15 is 0 Å². The topological polar surface area (TPSA) is 84.0 Å². The van der Waals surface area contributed by atoms with Gasteiger partial charge in [0.25, 0.3) is 0 Å². The van der Waals surface area contributed by atoms with Gasteiger partial charge in [0, 0.05) is 50.5 Å². The normalized spacial score (nSPS) is 11.3. The predicted molar refractivity (Wildman–Crippen MR) is 111 cm³/mol. The lowest BCUT2D eigenvalue weighted by atomic mass is 10.2. The highest BCUT2D eigenvalue weighted by molar-refractivity contribution is 6.30. The second kappa shape index (κ2) is 15.2. The third-order valence-electron chi connectivity index (χ3n) is 3.49. The minimum absolute atomic E-state index is 0.0290. The zero-order valence-corrected chi connectivity index (χ0v) is 17.0. The van der Waals surface area contributed by atoms with Gasteiger partial charge in [0.05, 0.1) is 13.2 Å². The molecule has 0 heterocycles. The highest BCUT2D eigenvalue weighted by Crippen LogP contribution is 2.13. The number of aliphatic imine (C=N–C) groups is 1. The van der Waals surface area contributed by atoms with E-state index in [4.69, 9.17) is 21.1 Å². The molecule has 27 heavy (non-hydrogen) atoms. The molecular formula is C19H31ClN4O3. The number of nitrogens with zero attached hydrogens (tertiary/aromatic N) is 1. The zero-order chi connectivity index (χ0) is 19.7. The largest absolute Gasteiger partial charge is 0.382 e. The van der Waals surface area contributed by atoms with E-state index in [1.807, 2.05) is 6.92 Å². The summed E-state index contributed by atoms with van der Waals surface area (Å²) in [5.74, 6) is 0.728. The first-order valence-corrected chi connectivity index (χ1v) is 9.67. The summed E-state index contributed by atoms with van der Waals surface area (Å²) in [5.41, 5.74) is 0.746. The van der Waals surface area contributed by atoms with E-state index < -0.39 is 0 Å². The van der Waals surface area contributed by atoms with E-state index in [1.165, 1.54) is 0 Å². The van der Waals surface area contributed by atoms with Crippen LogP contribution in [0.3, 0.4) is 0 Å². The van der Waals surface area contributed by atoms with Gasteiger partial charge in [-0.05, 0) is 44.0 Å². The number of ether oxygens (including phenoxy) is 2. The predicted octanol–water partition coefficient (Wildman–Crippen LogP) is 2.67. The maximum absolute atomic E-state index is 11.9. The van der Waals surface area contributed by atoms with Crippen molar-refractivity contribution in [3.63, 3.8) is 0 Å². The molecule has 0 unspecified atom stereocenters. The molecule has 0 aliphatic heterocycles. The molecule has 8 heteroatoms. The Kier molecular flexibility index (Phi) is 13.1. The van der Waals surface area contributed by atoms with Gasteiger partial charge < -0.3 is 25.4 Å². The second-order valence-electron chi connectivity index (χ2n) is 5.80. The number of guanidine groups is 1. The van der Waals surface area contributed by atoms with Gasteiger partial charge in [0.15, 0.2) is 5.96 Å². The zero-order valence-electron chi connectivity index (χ0n) is 16.2. The van der Waals surface area contributed by atoms with Crippen molar-refractivity contribution >= 4 is 29.2 Å². The number of anilines is 1. The van der Waals surface area contributed by atoms with E-state index in [0.29, 0.717) is 44.2 Å². The maximum atomic E-state index is 11.9. The molecule has 0 spiro atoms. The average Bonchev–Trinajstić information content (AvgIpc) is 2.66. The first-order chi connectivity index (χ1) is 13.2. The maximum Gasteiger partial charge on any atom is 0.224 e. The number of halogens is 1. The van der Waals surface area contributed by atoms with E-state index in [1.54, 1.807) is 31.4 Å². The summed E-state index contributed by atoms with van der Waals surface area (Å²) in [6.45, 7) is 6.06. The SMILES string of the molecule is CCNC(=NCCCC(=O)Nc1ccc(Cl)cc1)NCCCOCCOC. The Morgan fingerprint density at radius 1 is 1.11 bits per heavy atom. The molecule has 0 radical (unpaired) electrons. The molecule has 3 N–H and O–H groups in total. The van der Waals surface area contributed by atoms with Crippen molar-refractivity contribution < 1.29 is 14.3 Å². The van der Waals surface area contributed by atoms with Gasteiger partial charge in [0.2, 0.25) is 5.91 Å². The van der Waals surface area contributed by atoms with E-state index in [-0.39, 0.29) is 5.91 Å². The van der Waals surface area contributed by atoms with Gasteiger partial charge in [-0.1, -0.05) is 11.6 Å². The van der Waals surface area contributed by atoms with Gasteiger partial charge in [0.1, 0.15) is 0 Å². The van der Waals surface area contributed by atoms with Crippen LogP contribution < -0.4 is 16.0 Å². The van der Waals surface area contributed by atoms with Crippen LogP contribution in [0, 0.1) is 0 Å². The van der Waals surface area contributed by atoms with Gasteiger partial charge in [-0.2, -0.15) is 0 Å². The molecule has 1 rings (SSSR count). The summed E-state index contributed by atoms with van der Waals surface area (Å²) in [4.78, 5) is 16.4. The van der Waals surface area contributed by atoms with Gasteiger partial charge in [-0.15, -0.1) is 0 Å². The Morgan fingerprint density at radius 2 is 1.89 bits per heavy atom. The average molecular weight is 399 g/mol. The number of nitrogens with one attached hydrogen (secondary N) is 3. The minimum Gasteiger partial charge on any atom is -0.382 e. The van der Waals surface area contributed by atoms with Crippen LogP contribution in [0.25, 0.3) is 0 Å². The fraction of sp³-hybridized carbons (Fsp3) is 0.579. The Hall–Kier alpha value is -1.83. The van der Waals surface area contributed by atoms with Gasteiger partial charge in [-0.25, -0.2) is 0 Å². The van der Waals surface area contributed by atoms with E-state index in [9.17, 15) is 4.79 Å². The molecule has 0 saturated heterocycles. The Morgan fingerprint density at radius 3 is 2.59 bits per heavy atom. The van der Waals surface area contributed by atoms with Crippen molar-refractivity contribution in [2.24, 2.45) is 4.99 Å². The van der Waals surface area contributed by atoms with Crippen molar-refractivity contribution in [3.8, 4) is 0 Å². The molecule has 0 bridgehead atoms. The molecule has 0 saturated carbocycles. The van der Waals surface area contributed by atoms with Gasteiger partial charge >= 0.3 is 0 Å². The quantitative estimate of drug-likeness (QED) is 0.270. The lowest BCUT2D eigenvalue weighted by molar-refractivity contribution is -0.116. The molecule has 0 atom stereocenters. The fourth-order valence-corrected chi connectivity index (χ4v) is 2.28. The monoisotopic (exact) mass is 398 g/mol. The van der Waals surface area contributed by atoms with Crippen LogP contribution in [-0.4, -0.2) is 58.4 Å². The number of hydrogen-bond acceptors (Lipinski definition) is 4. The summed E-state index contributed by atoms with van der Waals surface area (Å²) in [5, 5.41) is 9.94. The number of benzene rings is 1. The number of carbonyl (C=O) groups excluding carboxylic acids is 1. The minimum atomic E-state index is -0.0290. The molecule has 152 valence electrons. The lowest BCUT2D eigenvalue weighted by Crippen LogP contribution is -2.38. The number of hydrogen-bond donors (Lipinski definition) is 3. The Labute approximate surface area is 166 Å². The van der Waals surface area contributed by atoms with Crippen LogP contribution in [0.4, 0.5) is 5.69 Å². The molecule has 0 aliphatic carbocycles. The Balaban J connectivity index is 2.19. The van der Waals surface area contributed by atoms with Crippen molar-refractivity contribution in [1.29, 1.82) is 0 Å². The van der Waals surface area contributed by atoms with Crippen LogP contribution in [0.1, 0.15) is 26.2 Å². The van der Waals surface area contributed by atoms with Crippen LogP contribution in [-0.2, 0) is 14.3 Å². The fourth-order valence-electron chi connectivity index (χ4n) is 2.15. The molecule has 1 amide bonds. The number of carbonyl (C=O) groups is 1. The standard InChI is InChI=1S/C19H31ClN4O3/c1-3-21-19(23-12-5-13-27-15-14-26-2)22-11-4-6-18(25)24-17-9-7-16(20)8-10-17/h7-10H,3-6,11-15H2,1-2H3,(H,24,25)(H2,21,22,23). The smallest absolute Gasteiger partial charge is 0.224 e. The number of methoxy groups -OCH3 is 1. The van der Waals surface area contributed by atoms with Crippen LogP contribution in [0.5, 0.6) is 0 Å². The highest BCUT2D eigenvalue weighted by atomic mass is 35.5. The van der Waals surface area contributed by atoms with Crippen LogP contribution in [0.15, 0.2) is 29.3 Å². The first kappa shape index (κ1) is 23.2. The molecule has 0 aromatic heterocycles. The molecular weight excluding hydrogens is 368 g/mol. The summed E-state index contributed by atoms with van der Waals surface area (Å²) < 4.78 is 10.3. The first-order valence-electron chi connectivity index (χ1n) is 9.30. The molecule has 0 fully saturated rings. The van der Waals surface area contributed by atoms with Crippen molar-refractivity contribution in [2.45, 2.75) is 26.2 Å². The number of rotatable bonds is 13. The number of amides is 1. The van der Waals surface area contributed by atoms with Crippen LogP contribution >= 0.6 is 11.6 Å². The van der Waals surface area contributed by atoms with Crippen molar-refractivity contribution in [1.82, 2.24) is 10.6 Å². The molecule has 1 aromatic rings. The Bertz CT molecular complexity index is 552. The summed E-state index contributed by atoms with van der Waals surface area (Å²) in [6, 6.07) is 7.06. The van der Waals surface area contributed by atoms with E-state index in [0.717, 1.165) is 31.2 Å². The summed E-state index contributed by atoms with van der Waals surface area (Å²) in [6.07, 6.45) is 1.98. The van der Waals surface area contributed by atoms with E-state index in [2.05, 4.69) is 20.9 Å². The van der Waals surface area contributed by atoms with Gasteiger partial charge in [-0.3, -0.25) is 9.79 Å². The lowest BCUT2D eigenvalue weighted by Gasteiger charge is -2.11. The third-order valence-corrected chi connectivity index (χ3v) is 3.75. The summed E-state index contributed by atoms with van der Waals surface area (Å²) >= 11 is 5.83. The van der Waals surface area contributed by atoms with Crippen molar-refractivity contribution in [3.05, 3.63) is 29.3 Å². The molecule has 7 nitrogen and oxygen atoms in total. The highest BCUT2D eigenvalue weighted by Gasteiger charge is 2.03. The molecule has 0 aliphatic rings. The van der Waals surface area contributed by atoms with Crippen molar-refractivity contribution in [2.75, 3.05) is 51.9 Å². The van der Waals surface area contributed by atoms with Crippen LogP contribution in [0.2, 0.25) is 5.02 Å². The summed E-state index contributed by atoms with van der Waals surface area (Å²) in [7, 11) is 1.66. The second-order valence-corrected chi connectivity index (χ2v) is 6.24. The third kappa shape index (κ3) is 12.2. The molecule has 1 aromatic carbocycles.